The lowest BCUT2D eigenvalue weighted by molar-refractivity contribution is 0.399. The first kappa shape index (κ1) is 9.33. The number of aryl methyl sites for hydroxylation is 1. The third-order valence-corrected chi connectivity index (χ3v) is 2.64. The van der Waals surface area contributed by atoms with Crippen molar-refractivity contribution in [2.45, 2.75) is 32.1 Å². The van der Waals surface area contributed by atoms with Gasteiger partial charge in [0.1, 0.15) is 5.82 Å². The molecule has 76 valence electrons. The molecule has 1 heterocycles. The number of nitrogens with two attached hydrogens (primary N) is 1. The van der Waals surface area contributed by atoms with Gasteiger partial charge < -0.3 is 5.43 Å². The Hall–Kier alpha value is -1.23. The number of aromatic nitrogens is 2. The van der Waals surface area contributed by atoms with Crippen molar-refractivity contribution in [2.24, 2.45) is 5.84 Å². The molecule has 0 saturated heterocycles. The van der Waals surface area contributed by atoms with E-state index in [1.54, 1.807) is 6.92 Å². The minimum absolute atomic E-state index is 0.0967. The molecule has 1 aromatic rings. The SMILES string of the molecule is Cc1nc(C2CCC2)nc(NN)c1F. The zero-order valence-electron chi connectivity index (χ0n) is 8.05. The quantitative estimate of drug-likeness (QED) is 0.555. The molecule has 1 saturated carbocycles. The highest BCUT2D eigenvalue weighted by atomic mass is 19.1. The fourth-order valence-electron chi connectivity index (χ4n) is 1.53. The monoisotopic (exact) mass is 196 g/mol. The molecule has 1 fully saturated rings. The second-order valence-electron chi connectivity index (χ2n) is 3.60. The molecular weight excluding hydrogens is 183 g/mol. The number of rotatable bonds is 2. The summed E-state index contributed by atoms with van der Waals surface area (Å²) in [5.74, 6) is 5.90. The summed E-state index contributed by atoms with van der Waals surface area (Å²) >= 11 is 0. The van der Waals surface area contributed by atoms with Crippen molar-refractivity contribution in [3.63, 3.8) is 0 Å². The number of halogens is 1. The molecule has 2 rings (SSSR count). The Morgan fingerprint density at radius 2 is 2.14 bits per heavy atom. The average Bonchev–Trinajstić information content (AvgIpc) is 2.08. The lowest BCUT2D eigenvalue weighted by Gasteiger charge is -2.24. The molecule has 0 bridgehead atoms. The second-order valence-corrected chi connectivity index (χ2v) is 3.60. The van der Waals surface area contributed by atoms with E-state index >= 15 is 0 Å². The van der Waals surface area contributed by atoms with Crippen LogP contribution in [0.25, 0.3) is 0 Å². The molecule has 0 aromatic carbocycles. The van der Waals surface area contributed by atoms with Gasteiger partial charge in [0.15, 0.2) is 11.6 Å². The molecule has 0 amide bonds. The Kier molecular flexibility index (Phi) is 2.33. The van der Waals surface area contributed by atoms with E-state index in [1.165, 1.54) is 6.42 Å². The van der Waals surface area contributed by atoms with Crippen LogP contribution in [0.5, 0.6) is 0 Å². The topological polar surface area (TPSA) is 63.8 Å². The van der Waals surface area contributed by atoms with Gasteiger partial charge in [-0.15, -0.1) is 0 Å². The van der Waals surface area contributed by atoms with Crippen molar-refractivity contribution in [3.05, 3.63) is 17.3 Å². The van der Waals surface area contributed by atoms with Crippen molar-refractivity contribution >= 4 is 5.82 Å². The van der Waals surface area contributed by atoms with E-state index in [9.17, 15) is 4.39 Å². The summed E-state index contributed by atoms with van der Waals surface area (Å²) in [6.07, 6.45) is 3.39. The Morgan fingerprint density at radius 3 is 2.64 bits per heavy atom. The minimum Gasteiger partial charge on any atom is -0.306 e. The Balaban J connectivity index is 2.37. The molecule has 3 N–H and O–H groups in total. The molecule has 0 aliphatic heterocycles. The standard InChI is InChI=1S/C9H13FN4/c1-5-7(10)9(14-11)13-8(12-5)6-3-2-4-6/h6H,2-4,11H2,1H3,(H,12,13,14). The smallest absolute Gasteiger partial charge is 0.187 e. The van der Waals surface area contributed by atoms with Crippen LogP contribution in [0.1, 0.15) is 36.7 Å². The van der Waals surface area contributed by atoms with Crippen molar-refractivity contribution < 1.29 is 4.39 Å². The number of hydrogen-bond acceptors (Lipinski definition) is 4. The van der Waals surface area contributed by atoms with Crippen LogP contribution in [0, 0.1) is 12.7 Å². The Bertz CT molecular complexity index is 349. The molecule has 0 unspecified atom stereocenters. The molecule has 14 heavy (non-hydrogen) atoms. The first-order valence-electron chi connectivity index (χ1n) is 4.73. The highest BCUT2D eigenvalue weighted by Crippen LogP contribution is 2.35. The highest BCUT2D eigenvalue weighted by Gasteiger charge is 2.24. The van der Waals surface area contributed by atoms with Gasteiger partial charge in [-0.25, -0.2) is 20.2 Å². The van der Waals surface area contributed by atoms with E-state index in [0.717, 1.165) is 12.8 Å². The number of nitrogen functional groups attached to an aromatic ring is 1. The van der Waals surface area contributed by atoms with E-state index in [4.69, 9.17) is 5.84 Å². The van der Waals surface area contributed by atoms with Gasteiger partial charge in [-0.3, -0.25) is 0 Å². The first-order valence-corrected chi connectivity index (χ1v) is 4.73. The van der Waals surface area contributed by atoms with E-state index in [1.807, 2.05) is 0 Å². The molecule has 0 atom stereocenters. The highest BCUT2D eigenvalue weighted by molar-refractivity contribution is 5.37. The number of hydrogen-bond donors (Lipinski definition) is 2. The summed E-state index contributed by atoms with van der Waals surface area (Å²) in [5.41, 5.74) is 2.61. The summed E-state index contributed by atoms with van der Waals surface area (Å²) in [6.45, 7) is 1.63. The summed E-state index contributed by atoms with van der Waals surface area (Å²) in [7, 11) is 0. The molecule has 0 radical (unpaired) electrons. The van der Waals surface area contributed by atoms with Crippen molar-refractivity contribution in [2.75, 3.05) is 5.43 Å². The fourth-order valence-corrected chi connectivity index (χ4v) is 1.53. The number of hydrazine groups is 1. The van der Waals surface area contributed by atoms with Gasteiger partial charge in [0, 0.05) is 5.92 Å². The van der Waals surface area contributed by atoms with Gasteiger partial charge in [-0.05, 0) is 19.8 Å². The van der Waals surface area contributed by atoms with E-state index in [-0.39, 0.29) is 5.82 Å². The fraction of sp³-hybridized carbons (Fsp3) is 0.556. The van der Waals surface area contributed by atoms with Crippen LogP contribution in [0.3, 0.4) is 0 Å². The van der Waals surface area contributed by atoms with Crippen LogP contribution < -0.4 is 11.3 Å². The van der Waals surface area contributed by atoms with Crippen LogP contribution in [-0.2, 0) is 0 Å². The van der Waals surface area contributed by atoms with Gasteiger partial charge in [0.25, 0.3) is 0 Å². The Labute approximate surface area is 81.7 Å². The summed E-state index contributed by atoms with van der Waals surface area (Å²) in [5, 5.41) is 0. The van der Waals surface area contributed by atoms with Crippen molar-refractivity contribution in [1.82, 2.24) is 9.97 Å². The molecule has 1 aromatic heterocycles. The number of nitrogens with one attached hydrogen (secondary N) is 1. The summed E-state index contributed by atoms with van der Waals surface area (Å²) in [4.78, 5) is 8.17. The maximum Gasteiger partial charge on any atom is 0.187 e. The zero-order valence-corrected chi connectivity index (χ0v) is 8.05. The number of nitrogens with zero attached hydrogens (tertiary/aromatic N) is 2. The van der Waals surface area contributed by atoms with Crippen LogP contribution in [0.15, 0.2) is 0 Å². The zero-order chi connectivity index (χ0) is 10.1. The van der Waals surface area contributed by atoms with E-state index < -0.39 is 5.82 Å². The second kappa shape index (κ2) is 3.49. The molecule has 4 nitrogen and oxygen atoms in total. The molecular formula is C9H13FN4. The van der Waals surface area contributed by atoms with Crippen LogP contribution in [0.4, 0.5) is 10.2 Å². The molecule has 5 heteroatoms. The summed E-state index contributed by atoms with van der Waals surface area (Å²) < 4.78 is 13.3. The van der Waals surface area contributed by atoms with Crippen LogP contribution >= 0.6 is 0 Å². The van der Waals surface area contributed by atoms with Crippen molar-refractivity contribution in [3.8, 4) is 0 Å². The third kappa shape index (κ3) is 1.43. The molecule has 0 spiro atoms. The summed E-state index contributed by atoms with van der Waals surface area (Å²) in [6, 6.07) is 0. The molecule has 1 aliphatic carbocycles. The molecule has 1 aliphatic rings. The normalized spacial score (nSPS) is 16.5. The maximum absolute atomic E-state index is 13.3. The maximum atomic E-state index is 13.3. The van der Waals surface area contributed by atoms with Crippen LogP contribution in [-0.4, -0.2) is 9.97 Å². The van der Waals surface area contributed by atoms with Crippen molar-refractivity contribution in [1.29, 1.82) is 0 Å². The van der Waals surface area contributed by atoms with Gasteiger partial charge in [0.2, 0.25) is 0 Å². The van der Waals surface area contributed by atoms with Gasteiger partial charge in [0.05, 0.1) is 5.69 Å². The predicted molar refractivity (Wildman–Crippen MR) is 51.1 cm³/mol. The minimum atomic E-state index is -0.462. The average molecular weight is 196 g/mol. The van der Waals surface area contributed by atoms with E-state index in [2.05, 4.69) is 15.4 Å². The lowest BCUT2D eigenvalue weighted by atomic mass is 9.85. The van der Waals surface area contributed by atoms with Gasteiger partial charge in [-0.2, -0.15) is 0 Å². The first-order chi connectivity index (χ1) is 6.72. The van der Waals surface area contributed by atoms with Gasteiger partial charge >= 0.3 is 0 Å². The van der Waals surface area contributed by atoms with Crippen LogP contribution in [0.2, 0.25) is 0 Å². The van der Waals surface area contributed by atoms with E-state index in [0.29, 0.717) is 17.4 Å². The lowest BCUT2D eigenvalue weighted by Crippen LogP contribution is -2.18. The third-order valence-electron chi connectivity index (χ3n) is 2.64. The predicted octanol–water partition coefficient (Wildman–Crippen LogP) is 1.48. The number of anilines is 1. The Morgan fingerprint density at radius 1 is 1.43 bits per heavy atom. The largest absolute Gasteiger partial charge is 0.306 e. The van der Waals surface area contributed by atoms with Gasteiger partial charge in [-0.1, -0.05) is 6.42 Å².